The second-order valence-electron chi connectivity index (χ2n) is 6.47. The normalized spacial score (nSPS) is 18.0. The number of hydrogen-bond donors (Lipinski definition) is 0. The number of carbonyl (C=O) groups excluding carboxylic acids is 1. The van der Waals surface area contributed by atoms with Crippen molar-refractivity contribution < 1.29 is 4.79 Å². The third kappa shape index (κ3) is 3.11. The topological polar surface area (TPSA) is 81.2 Å². The molecule has 130 valence electrons. The van der Waals surface area contributed by atoms with Gasteiger partial charge in [0.2, 0.25) is 5.91 Å². The molecule has 0 spiro atoms. The molecule has 0 saturated carbocycles. The number of aromatic nitrogens is 6. The minimum Gasteiger partial charge on any atom is -0.342 e. The summed E-state index contributed by atoms with van der Waals surface area (Å²) in [6.07, 6.45) is 7.56. The van der Waals surface area contributed by atoms with Gasteiger partial charge in [-0.25, -0.2) is 9.50 Å². The van der Waals surface area contributed by atoms with Gasteiger partial charge in [-0.1, -0.05) is 0 Å². The molecule has 1 aliphatic rings. The molecular formula is C17H21N7O. The molecule has 0 radical (unpaired) electrons. The SMILES string of the molecule is Cc1ccnn1CCC(=O)N1CCC[C@H](c2ccnc3ncnn23)C1. The first kappa shape index (κ1) is 15.7. The second kappa shape index (κ2) is 6.62. The maximum absolute atomic E-state index is 12.6. The molecule has 4 heterocycles. The highest BCUT2D eigenvalue weighted by atomic mass is 16.2. The molecule has 3 aromatic heterocycles. The van der Waals surface area contributed by atoms with Gasteiger partial charge in [-0.3, -0.25) is 9.48 Å². The van der Waals surface area contributed by atoms with Crippen molar-refractivity contribution in [2.45, 2.75) is 38.6 Å². The van der Waals surface area contributed by atoms with Crippen LogP contribution in [0.5, 0.6) is 0 Å². The summed E-state index contributed by atoms with van der Waals surface area (Å²) < 4.78 is 3.66. The Morgan fingerprint density at radius 3 is 3.00 bits per heavy atom. The standard InChI is InChI=1S/C17H21N7O/c1-13-4-8-20-23(13)10-6-16(25)22-9-2-3-14(11-22)15-5-7-18-17-19-12-21-24(15)17/h4-5,7-8,12,14H,2-3,6,9-11H2,1H3/t14-/m0/s1. The average Bonchev–Trinajstić information content (AvgIpc) is 3.28. The van der Waals surface area contributed by atoms with Gasteiger partial charge in [0.15, 0.2) is 0 Å². The molecule has 25 heavy (non-hydrogen) atoms. The maximum Gasteiger partial charge on any atom is 0.252 e. The van der Waals surface area contributed by atoms with Crippen LogP contribution in [0.1, 0.15) is 36.6 Å². The molecule has 0 aliphatic carbocycles. The van der Waals surface area contributed by atoms with Crippen LogP contribution in [0, 0.1) is 6.92 Å². The van der Waals surface area contributed by atoms with Crippen molar-refractivity contribution in [2.75, 3.05) is 13.1 Å². The Balaban J connectivity index is 1.44. The van der Waals surface area contributed by atoms with E-state index in [4.69, 9.17) is 0 Å². The third-order valence-corrected chi connectivity index (χ3v) is 4.87. The van der Waals surface area contributed by atoms with E-state index in [0.29, 0.717) is 18.7 Å². The third-order valence-electron chi connectivity index (χ3n) is 4.87. The fraction of sp³-hybridized carbons (Fsp3) is 0.471. The molecular weight excluding hydrogens is 318 g/mol. The highest BCUT2D eigenvalue weighted by Crippen LogP contribution is 2.27. The molecule has 8 heteroatoms. The van der Waals surface area contributed by atoms with Crippen LogP contribution in [-0.2, 0) is 11.3 Å². The van der Waals surface area contributed by atoms with Crippen LogP contribution < -0.4 is 0 Å². The molecule has 1 aliphatic heterocycles. The van der Waals surface area contributed by atoms with E-state index in [9.17, 15) is 4.79 Å². The van der Waals surface area contributed by atoms with Crippen molar-refractivity contribution in [3.8, 4) is 0 Å². The Bertz CT molecular complexity index is 884. The molecule has 1 saturated heterocycles. The van der Waals surface area contributed by atoms with E-state index in [1.54, 1.807) is 16.9 Å². The zero-order valence-electron chi connectivity index (χ0n) is 14.2. The lowest BCUT2D eigenvalue weighted by Crippen LogP contribution is -2.40. The number of amides is 1. The number of fused-ring (bicyclic) bond motifs is 1. The number of nitrogens with zero attached hydrogens (tertiary/aromatic N) is 7. The van der Waals surface area contributed by atoms with E-state index < -0.39 is 0 Å². The van der Waals surface area contributed by atoms with E-state index in [0.717, 1.165) is 37.3 Å². The number of likely N-dealkylation sites (tertiary alicyclic amines) is 1. The van der Waals surface area contributed by atoms with Crippen molar-refractivity contribution >= 4 is 11.7 Å². The zero-order valence-corrected chi connectivity index (χ0v) is 14.2. The predicted molar refractivity (Wildman–Crippen MR) is 90.9 cm³/mol. The van der Waals surface area contributed by atoms with Crippen LogP contribution in [0.25, 0.3) is 5.78 Å². The quantitative estimate of drug-likeness (QED) is 0.718. The van der Waals surface area contributed by atoms with Crippen molar-refractivity contribution in [1.29, 1.82) is 0 Å². The maximum atomic E-state index is 12.6. The van der Waals surface area contributed by atoms with Crippen molar-refractivity contribution in [2.24, 2.45) is 0 Å². The number of aryl methyl sites for hydroxylation is 2. The Kier molecular flexibility index (Phi) is 4.17. The first-order valence-corrected chi connectivity index (χ1v) is 8.63. The summed E-state index contributed by atoms with van der Waals surface area (Å²) in [6, 6.07) is 3.93. The molecule has 1 amide bonds. The summed E-state index contributed by atoms with van der Waals surface area (Å²) in [7, 11) is 0. The number of carbonyl (C=O) groups is 1. The van der Waals surface area contributed by atoms with E-state index >= 15 is 0 Å². The molecule has 3 aromatic rings. The minimum absolute atomic E-state index is 0.184. The fourth-order valence-corrected chi connectivity index (χ4v) is 3.50. The number of piperidine rings is 1. The van der Waals surface area contributed by atoms with Crippen molar-refractivity contribution in [3.05, 3.63) is 42.2 Å². The highest BCUT2D eigenvalue weighted by Gasteiger charge is 2.26. The van der Waals surface area contributed by atoms with E-state index in [1.165, 1.54) is 6.33 Å². The smallest absolute Gasteiger partial charge is 0.252 e. The van der Waals surface area contributed by atoms with Gasteiger partial charge in [-0.2, -0.15) is 15.2 Å². The van der Waals surface area contributed by atoms with E-state index in [2.05, 4.69) is 20.2 Å². The summed E-state index contributed by atoms with van der Waals surface area (Å²) in [4.78, 5) is 23.0. The molecule has 8 nitrogen and oxygen atoms in total. The van der Waals surface area contributed by atoms with Crippen molar-refractivity contribution in [3.63, 3.8) is 0 Å². The Labute approximate surface area is 145 Å². The first-order chi connectivity index (χ1) is 12.2. The van der Waals surface area contributed by atoms with Gasteiger partial charge in [-0.05, 0) is 31.9 Å². The summed E-state index contributed by atoms with van der Waals surface area (Å²) in [6.45, 7) is 4.16. The van der Waals surface area contributed by atoms with Gasteiger partial charge < -0.3 is 4.90 Å². The predicted octanol–water partition coefficient (Wildman–Crippen LogP) is 1.43. The number of hydrogen-bond acceptors (Lipinski definition) is 5. The van der Waals surface area contributed by atoms with Gasteiger partial charge in [0.1, 0.15) is 6.33 Å². The van der Waals surface area contributed by atoms with Crippen molar-refractivity contribution in [1.82, 2.24) is 34.3 Å². The lowest BCUT2D eigenvalue weighted by Gasteiger charge is -2.33. The van der Waals surface area contributed by atoms with E-state index in [-0.39, 0.29) is 11.8 Å². The van der Waals surface area contributed by atoms with Crippen LogP contribution in [0.4, 0.5) is 0 Å². The van der Waals surface area contributed by atoms with Crippen LogP contribution in [0.3, 0.4) is 0 Å². The summed E-state index contributed by atoms with van der Waals surface area (Å²) >= 11 is 0. The molecule has 0 bridgehead atoms. The molecule has 0 N–H and O–H groups in total. The van der Waals surface area contributed by atoms with Gasteiger partial charge in [-0.15, -0.1) is 0 Å². The van der Waals surface area contributed by atoms with Crippen LogP contribution in [0.15, 0.2) is 30.9 Å². The summed E-state index contributed by atoms with van der Waals surface area (Å²) in [5, 5.41) is 8.52. The lowest BCUT2D eigenvalue weighted by atomic mass is 9.94. The van der Waals surface area contributed by atoms with Gasteiger partial charge in [0.05, 0.1) is 5.69 Å². The minimum atomic E-state index is 0.184. The zero-order chi connectivity index (χ0) is 17.2. The monoisotopic (exact) mass is 339 g/mol. The summed E-state index contributed by atoms with van der Waals surface area (Å²) in [5.41, 5.74) is 2.15. The second-order valence-corrected chi connectivity index (χ2v) is 6.47. The molecule has 1 atom stereocenters. The largest absolute Gasteiger partial charge is 0.342 e. The van der Waals surface area contributed by atoms with Gasteiger partial charge in [0.25, 0.3) is 5.78 Å². The fourth-order valence-electron chi connectivity index (χ4n) is 3.50. The van der Waals surface area contributed by atoms with Crippen LogP contribution >= 0.6 is 0 Å². The Morgan fingerprint density at radius 1 is 1.24 bits per heavy atom. The van der Waals surface area contributed by atoms with Crippen LogP contribution in [0.2, 0.25) is 0 Å². The number of rotatable bonds is 4. The molecule has 0 unspecified atom stereocenters. The molecule has 1 fully saturated rings. The van der Waals surface area contributed by atoms with Crippen LogP contribution in [-0.4, -0.2) is 53.3 Å². The first-order valence-electron chi connectivity index (χ1n) is 8.63. The van der Waals surface area contributed by atoms with E-state index in [1.807, 2.05) is 28.6 Å². The Morgan fingerprint density at radius 2 is 2.16 bits per heavy atom. The van der Waals surface area contributed by atoms with Gasteiger partial charge >= 0.3 is 0 Å². The molecule has 0 aromatic carbocycles. The summed E-state index contributed by atoms with van der Waals surface area (Å²) in [5.74, 6) is 1.05. The highest BCUT2D eigenvalue weighted by molar-refractivity contribution is 5.76. The Hall–Kier alpha value is -2.77. The lowest BCUT2D eigenvalue weighted by molar-refractivity contribution is -0.132. The average molecular weight is 339 g/mol. The van der Waals surface area contributed by atoms with Gasteiger partial charge in [0, 0.05) is 50.1 Å². The molecule has 4 rings (SSSR count).